The summed E-state index contributed by atoms with van der Waals surface area (Å²) in [4.78, 5) is 7.85. The van der Waals surface area contributed by atoms with Crippen LogP contribution in [-0.2, 0) is 9.47 Å². The number of methoxy groups -OCH3 is 2. The summed E-state index contributed by atoms with van der Waals surface area (Å²) in [6, 6.07) is 1.81. The first kappa shape index (κ1) is 10.9. The molecule has 0 aliphatic heterocycles. The van der Waals surface area contributed by atoms with Crippen LogP contribution in [0.25, 0.3) is 0 Å². The van der Waals surface area contributed by atoms with Crippen molar-refractivity contribution in [2.24, 2.45) is 0 Å². The number of nitrogens with zero attached hydrogens (tertiary/aromatic N) is 2. The molecule has 0 saturated heterocycles. The summed E-state index contributed by atoms with van der Waals surface area (Å²) in [6.45, 7) is 1.23. The van der Waals surface area contributed by atoms with Crippen LogP contribution in [0.3, 0.4) is 0 Å². The topological polar surface area (TPSA) is 56.3 Å². The minimum absolute atomic E-state index is 0.0370. The highest BCUT2D eigenvalue weighted by Crippen LogP contribution is 1.99. The average Bonchev–Trinajstić information content (AvgIpc) is 2.25. The van der Waals surface area contributed by atoms with Crippen LogP contribution in [0.5, 0.6) is 0 Å². The first-order valence-corrected chi connectivity index (χ1v) is 4.38. The third-order valence-corrected chi connectivity index (χ3v) is 1.78. The van der Waals surface area contributed by atoms with E-state index in [1.165, 1.54) is 6.33 Å². The Kier molecular flexibility index (Phi) is 4.88. The molecule has 0 aliphatic carbocycles. The molecule has 0 aliphatic rings. The Morgan fingerprint density at radius 3 is 2.93 bits per heavy atom. The summed E-state index contributed by atoms with van der Waals surface area (Å²) in [6.07, 6.45) is 3.23. The molecule has 1 heterocycles. The molecule has 1 aromatic rings. The first-order valence-electron chi connectivity index (χ1n) is 4.38. The molecule has 0 saturated carbocycles. The number of ether oxygens (including phenoxy) is 2. The fraction of sp³-hybridized carbons (Fsp3) is 0.556. The Balaban J connectivity index is 2.32. The quantitative estimate of drug-likeness (QED) is 0.721. The molecule has 5 nitrogen and oxygen atoms in total. The van der Waals surface area contributed by atoms with Gasteiger partial charge in [-0.25, -0.2) is 9.97 Å². The second kappa shape index (κ2) is 6.28. The van der Waals surface area contributed by atoms with E-state index in [0.29, 0.717) is 13.2 Å². The van der Waals surface area contributed by atoms with Gasteiger partial charge >= 0.3 is 0 Å². The number of nitrogens with one attached hydrogen (secondary N) is 1. The molecular formula is C9H15N3O2. The molecular weight excluding hydrogens is 182 g/mol. The molecule has 0 radical (unpaired) electrons. The molecule has 78 valence electrons. The zero-order valence-corrected chi connectivity index (χ0v) is 8.43. The minimum Gasteiger partial charge on any atom is -0.382 e. The third kappa shape index (κ3) is 3.68. The molecule has 5 heteroatoms. The van der Waals surface area contributed by atoms with E-state index in [4.69, 9.17) is 9.47 Å². The van der Waals surface area contributed by atoms with Gasteiger partial charge in [0.05, 0.1) is 12.7 Å². The van der Waals surface area contributed by atoms with Crippen molar-refractivity contribution < 1.29 is 9.47 Å². The number of hydrogen-bond donors (Lipinski definition) is 1. The predicted molar refractivity (Wildman–Crippen MR) is 53.2 cm³/mol. The molecule has 0 spiro atoms. The van der Waals surface area contributed by atoms with E-state index in [0.717, 1.165) is 5.82 Å². The molecule has 1 aromatic heterocycles. The molecule has 14 heavy (non-hydrogen) atoms. The van der Waals surface area contributed by atoms with Gasteiger partial charge < -0.3 is 14.8 Å². The summed E-state index contributed by atoms with van der Waals surface area (Å²) in [5, 5.41) is 3.12. The van der Waals surface area contributed by atoms with E-state index in [1.54, 1.807) is 26.5 Å². The van der Waals surface area contributed by atoms with Crippen molar-refractivity contribution in [1.29, 1.82) is 0 Å². The van der Waals surface area contributed by atoms with Crippen molar-refractivity contribution in [2.45, 2.75) is 6.10 Å². The molecule has 1 rings (SSSR count). The molecule has 0 fully saturated rings. The highest BCUT2D eigenvalue weighted by Gasteiger charge is 2.05. The second-order valence-electron chi connectivity index (χ2n) is 2.79. The van der Waals surface area contributed by atoms with Gasteiger partial charge in [0.15, 0.2) is 0 Å². The number of hydrogen-bond acceptors (Lipinski definition) is 5. The number of rotatable bonds is 6. The zero-order chi connectivity index (χ0) is 10.2. The van der Waals surface area contributed by atoms with Crippen LogP contribution >= 0.6 is 0 Å². The van der Waals surface area contributed by atoms with E-state index in [-0.39, 0.29) is 6.10 Å². The average molecular weight is 197 g/mol. The summed E-state index contributed by atoms with van der Waals surface area (Å²) in [5.74, 6) is 0.790. The SMILES string of the molecule is COCC(CNc1ccncn1)OC. The summed E-state index contributed by atoms with van der Waals surface area (Å²) in [5.41, 5.74) is 0. The summed E-state index contributed by atoms with van der Waals surface area (Å²) >= 11 is 0. The fourth-order valence-electron chi connectivity index (χ4n) is 1.01. The largest absolute Gasteiger partial charge is 0.382 e. The lowest BCUT2D eigenvalue weighted by atomic mass is 10.3. The summed E-state index contributed by atoms with van der Waals surface area (Å²) < 4.78 is 10.2. The monoisotopic (exact) mass is 197 g/mol. The lowest BCUT2D eigenvalue weighted by Crippen LogP contribution is -2.26. The van der Waals surface area contributed by atoms with Gasteiger partial charge in [0, 0.05) is 27.0 Å². The Labute approximate surface area is 83.5 Å². The van der Waals surface area contributed by atoms with Crippen molar-refractivity contribution in [3.63, 3.8) is 0 Å². The van der Waals surface area contributed by atoms with Gasteiger partial charge in [0.25, 0.3) is 0 Å². The van der Waals surface area contributed by atoms with Crippen LogP contribution in [0, 0.1) is 0 Å². The van der Waals surface area contributed by atoms with Crippen LogP contribution in [-0.4, -0.2) is 43.4 Å². The normalized spacial score (nSPS) is 12.4. The molecule has 1 N–H and O–H groups in total. The highest BCUT2D eigenvalue weighted by molar-refractivity contribution is 5.31. The molecule has 1 atom stereocenters. The standard InChI is InChI=1S/C9H15N3O2/c1-13-6-8(14-2)5-11-9-3-4-10-7-12-9/h3-4,7-8H,5-6H2,1-2H3,(H,10,11,12). The van der Waals surface area contributed by atoms with Gasteiger partial charge in [-0.15, -0.1) is 0 Å². The zero-order valence-electron chi connectivity index (χ0n) is 8.43. The third-order valence-electron chi connectivity index (χ3n) is 1.78. The van der Waals surface area contributed by atoms with Crippen LogP contribution in [0.4, 0.5) is 5.82 Å². The van der Waals surface area contributed by atoms with Crippen molar-refractivity contribution in [3.05, 3.63) is 18.6 Å². The number of aromatic nitrogens is 2. The number of anilines is 1. The molecule has 0 aromatic carbocycles. The maximum Gasteiger partial charge on any atom is 0.129 e. The Hall–Kier alpha value is -1.20. The van der Waals surface area contributed by atoms with E-state index in [9.17, 15) is 0 Å². The van der Waals surface area contributed by atoms with Crippen molar-refractivity contribution >= 4 is 5.82 Å². The maximum atomic E-state index is 5.18. The highest BCUT2D eigenvalue weighted by atomic mass is 16.5. The second-order valence-corrected chi connectivity index (χ2v) is 2.79. The van der Waals surface area contributed by atoms with E-state index in [2.05, 4.69) is 15.3 Å². The summed E-state index contributed by atoms with van der Waals surface area (Å²) in [7, 11) is 3.31. The van der Waals surface area contributed by atoms with Crippen LogP contribution < -0.4 is 5.32 Å². The van der Waals surface area contributed by atoms with Gasteiger partial charge in [0.1, 0.15) is 12.1 Å². The van der Waals surface area contributed by atoms with E-state index in [1.807, 2.05) is 0 Å². The van der Waals surface area contributed by atoms with Crippen molar-refractivity contribution in [3.8, 4) is 0 Å². The van der Waals surface area contributed by atoms with Crippen molar-refractivity contribution in [2.75, 3.05) is 32.7 Å². The van der Waals surface area contributed by atoms with Crippen LogP contribution in [0.2, 0.25) is 0 Å². The van der Waals surface area contributed by atoms with Gasteiger partial charge in [-0.1, -0.05) is 0 Å². The van der Waals surface area contributed by atoms with Gasteiger partial charge in [0.2, 0.25) is 0 Å². The lowest BCUT2D eigenvalue weighted by Gasteiger charge is -2.14. The van der Waals surface area contributed by atoms with Crippen molar-refractivity contribution in [1.82, 2.24) is 9.97 Å². The van der Waals surface area contributed by atoms with E-state index < -0.39 is 0 Å². The van der Waals surface area contributed by atoms with Crippen LogP contribution in [0.1, 0.15) is 0 Å². The molecule has 1 unspecified atom stereocenters. The molecule has 0 bridgehead atoms. The van der Waals surface area contributed by atoms with Crippen LogP contribution in [0.15, 0.2) is 18.6 Å². The Morgan fingerprint density at radius 1 is 1.50 bits per heavy atom. The lowest BCUT2D eigenvalue weighted by molar-refractivity contribution is 0.0365. The maximum absolute atomic E-state index is 5.18. The fourth-order valence-corrected chi connectivity index (χ4v) is 1.01. The minimum atomic E-state index is 0.0370. The smallest absolute Gasteiger partial charge is 0.129 e. The Bertz CT molecular complexity index is 243. The van der Waals surface area contributed by atoms with Gasteiger partial charge in [-0.2, -0.15) is 0 Å². The predicted octanol–water partition coefficient (Wildman–Crippen LogP) is 0.550. The van der Waals surface area contributed by atoms with Gasteiger partial charge in [-0.3, -0.25) is 0 Å². The first-order chi connectivity index (χ1) is 6.86. The molecule has 0 amide bonds. The Morgan fingerprint density at radius 2 is 2.36 bits per heavy atom. The van der Waals surface area contributed by atoms with Gasteiger partial charge in [-0.05, 0) is 6.07 Å². The van der Waals surface area contributed by atoms with E-state index >= 15 is 0 Å².